The molecule has 0 aromatic heterocycles. The molecule has 1 atom stereocenters. The number of halogens is 1. The number of piperazine rings is 1. The molecule has 7 nitrogen and oxygen atoms in total. The second kappa shape index (κ2) is 10.3. The minimum atomic E-state index is -0.586. The number of para-hydroxylation sites is 1. The maximum atomic E-state index is 14.2. The smallest absolute Gasteiger partial charge is 0.338 e. The van der Waals surface area contributed by atoms with Crippen LogP contribution in [0.15, 0.2) is 59.8 Å². The highest BCUT2D eigenvalue weighted by Crippen LogP contribution is 2.32. The van der Waals surface area contributed by atoms with Gasteiger partial charge in [0.2, 0.25) is 0 Å². The number of anilines is 1. The molecule has 2 amide bonds. The molecule has 0 saturated carbocycles. The molecule has 2 heterocycles. The van der Waals surface area contributed by atoms with Crippen LogP contribution in [0.1, 0.15) is 24.1 Å². The van der Waals surface area contributed by atoms with Gasteiger partial charge in [0.25, 0.3) is 0 Å². The number of nitrogens with zero attached hydrogens (tertiary/aromatic N) is 3. The van der Waals surface area contributed by atoms with E-state index in [1.165, 1.54) is 11.0 Å². The van der Waals surface area contributed by atoms with E-state index >= 15 is 0 Å². The topological polar surface area (TPSA) is 65.1 Å². The van der Waals surface area contributed by atoms with Crippen molar-refractivity contribution in [2.45, 2.75) is 19.9 Å². The summed E-state index contributed by atoms with van der Waals surface area (Å²) < 4.78 is 19.6. The van der Waals surface area contributed by atoms with E-state index in [4.69, 9.17) is 4.74 Å². The average Bonchev–Trinajstić information content (AvgIpc) is 2.83. The lowest BCUT2D eigenvalue weighted by Crippen LogP contribution is -2.52. The number of likely N-dealkylation sites (N-methyl/N-ethyl adjacent to an activating group) is 1. The number of benzene rings is 2. The number of rotatable bonds is 6. The third kappa shape index (κ3) is 4.92. The molecule has 0 radical (unpaired) electrons. The lowest BCUT2D eigenvalue weighted by molar-refractivity contribution is -0.139. The van der Waals surface area contributed by atoms with Crippen molar-refractivity contribution in [3.05, 3.63) is 76.7 Å². The highest BCUT2D eigenvalue weighted by molar-refractivity contribution is 5.95. The van der Waals surface area contributed by atoms with Crippen molar-refractivity contribution in [1.82, 2.24) is 15.1 Å². The Morgan fingerprint density at radius 2 is 1.85 bits per heavy atom. The van der Waals surface area contributed by atoms with Gasteiger partial charge in [-0.3, -0.25) is 9.80 Å². The van der Waals surface area contributed by atoms with Gasteiger partial charge < -0.3 is 15.0 Å². The molecule has 180 valence electrons. The Labute approximate surface area is 199 Å². The standard InChI is InChI=1S/C26H31FN4O3/c1-4-34-25(32)23-22(29(3)26(33)28-24(23)19-9-7-8-18(2)16-19)17-30-12-14-31(15-13-30)21-11-6-5-10-20(21)27/h5-11,16,24H,4,12-15,17H2,1-3H3,(H,28,33). The van der Waals surface area contributed by atoms with Crippen LogP contribution >= 0.6 is 0 Å². The van der Waals surface area contributed by atoms with Gasteiger partial charge in [0.05, 0.1) is 23.9 Å². The minimum absolute atomic E-state index is 0.229. The van der Waals surface area contributed by atoms with E-state index in [9.17, 15) is 14.0 Å². The fraction of sp³-hybridized carbons (Fsp3) is 0.385. The van der Waals surface area contributed by atoms with Crippen molar-refractivity contribution in [2.75, 3.05) is 51.3 Å². The molecule has 34 heavy (non-hydrogen) atoms. The van der Waals surface area contributed by atoms with Gasteiger partial charge in [-0.25, -0.2) is 14.0 Å². The van der Waals surface area contributed by atoms with Gasteiger partial charge in [0.1, 0.15) is 5.82 Å². The number of amides is 2. The molecule has 1 unspecified atom stereocenters. The van der Waals surface area contributed by atoms with Crippen molar-refractivity contribution in [3.8, 4) is 0 Å². The summed E-state index contributed by atoms with van der Waals surface area (Å²) in [5.74, 6) is -0.659. The number of carbonyl (C=O) groups excluding carboxylic acids is 2. The third-order valence-electron chi connectivity index (χ3n) is 6.39. The Balaban J connectivity index is 1.61. The van der Waals surface area contributed by atoms with E-state index in [1.807, 2.05) is 42.2 Å². The normalized spacial score (nSPS) is 19.3. The van der Waals surface area contributed by atoms with Crippen molar-refractivity contribution in [3.63, 3.8) is 0 Å². The number of nitrogens with one attached hydrogen (secondary N) is 1. The molecule has 2 aromatic rings. The second-order valence-electron chi connectivity index (χ2n) is 8.65. The predicted molar refractivity (Wildman–Crippen MR) is 129 cm³/mol. The van der Waals surface area contributed by atoms with Crippen molar-refractivity contribution < 1.29 is 18.7 Å². The van der Waals surface area contributed by atoms with Gasteiger partial charge in [0.15, 0.2) is 0 Å². The molecule has 4 rings (SSSR count). The van der Waals surface area contributed by atoms with E-state index in [0.717, 1.165) is 11.1 Å². The number of carbonyl (C=O) groups is 2. The lowest BCUT2D eigenvalue weighted by atomic mass is 9.93. The van der Waals surface area contributed by atoms with Gasteiger partial charge in [-0.15, -0.1) is 0 Å². The molecular formula is C26H31FN4O3. The molecule has 0 bridgehead atoms. The number of hydrogen-bond donors (Lipinski definition) is 1. The molecule has 1 saturated heterocycles. The summed E-state index contributed by atoms with van der Waals surface area (Å²) >= 11 is 0. The van der Waals surface area contributed by atoms with E-state index < -0.39 is 12.0 Å². The molecule has 8 heteroatoms. The molecule has 2 aliphatic heterocycles. The van der Waals surface area contributed by atoms with E-state index in [2.05, 4.69) is 10.2 Å². The van der Waals surface area contributed by atoms with Crippen LogP contribution in [0.2, 0.25) is 0 Å². The fourth-order valence-corrected chi connectivity index (χ4v) is 4.56. The highest BCUT2D eigenvalue weighted by Gasteiger charge is 2.37. The molecule has 2 aromatic carbocycles. The Bertz CT molecular complexity index is 1090. The Hall–Kier alpha value is -3.39. The largest absolute Gasteiger partial charge is 0.463 e. The second-order valence-corrected chi connectivity index (χ2v) is 8.65. The molecule has 1 fully saturated rings. The van der Waals surface area contributed by atoms with Crippen molar-refractivity contribution >= 4 is 17.7 Å². The van der Waals surface area contributed by atoms with Gasteiger partial charge >= 0.3 is 12.0 Å². The van der Waals surface area contributed by atoms with Crippen LogP contribution in [0.5, 0.6) is 0 Å². The number of esters is 1. The highest BCUT2D eigenvalue weighted by atomic mass is 19.1. The van der Waals surface area contributed by atoms with Crippen LogP contribution in [-0.4, -0.2) is 68.2 Å². The van der Waals surface area contributed by atoms with Gasteiger partial charge in [-0.05, 0) is 31.5 Å². The summed E-state index contributed by atoms with van der Waals surface area (Å²) in [7, 11) is 1.67. The van der Waals surface area contributed by atoms with Crippen LogP contribution < -0.4 is 10.2 Å². The average molecular weight is 467 g/mol. The van der Waals surface area contributed by atoms with Crippen molar-refractivity contribution in [2.24, 2.45) is 0 Å². The number of aryl methyl sites for hydroxylation is 1. The molecule has 0 aliphatic carbocycles. The van der Waals surface area contributed by atoms with Gasteiger partial charge in [0, 0.05) is 45.5 Å². The summed E-state index contributed by atoms with van der Waals surface area (Å²) in [6.07, 6.45) is 0. The zero-order valence-electron chi connectivity index (χ0n) is 19.9. The zero-order valence-corrected chi connectivity index (χ0v) is 19.9. The molecule has 1 N–H and O–H groups in total. The SMILES string of the molecule is CCOC(=O)C1=C(CN2CCN(c3ccccc3F)CC2)N(C)C(=O)NC1c1cccc(C)c1. The van der Waals surface area contributed by atoms with Gasteiger partial charge in [-0.2, -0.15) is 0 Å². The first-order valence-corrected chi connectivity index (χ1v) is 11.6. The third-order valence-corrected chi connectivity index (χ3v) is 6.39. The molecule has 2 aliphatic rings. The Morgan fingerprint density at radius 1 is 1.12 bits per heavy atom. The maximum Gasteiger partial charge on any atom is 0.338 e. The lowest BCUT2D eigenvalue weighted by Gasteiger charge is -2.40. The molecular weight excluding hydrogens is 435 g/mol. The van der Waals surface area contributed by atoms with Crippen LogP contribution in [0.4, 0.5) is 14.9 Å². The van der Waals surface area contributed by atoms with E-state index in [0.29, 0.717) is 49.7 Å². The summed E-state index contributed by atoms with van der Waals surface area (Å²) in [6, 6.07) is 13.7. The molecule has 0 spiro atoms. The monoisotopic (exact) mass is 466 g/mol. The summed E-state index contributed by atoms with van der Waals surface area (Å²) in [5, 5.41) is 2.96. The van der Waals surface area contributed by atoms with Crippen LogP contribution in [-0.2, 0) is 9.53 Å². The van der Waals surface area contributed by atoms with E-state index in [-0.39, 0.29) is 18.5 Å². The van der Waals surface area contributed by atoms with Gasteiger partial charge in [-0.1, -0.05) is 42.0 Å². The maximum absolute atomic E-state index is 14.2. The summed E-state index contributed by atoms with van der Waals surface area (Å²) in [6.45, 7) is 7.08. The Morgan fingerprint density at radius 3 is 2.53 bits per heavy atom. The zero-order chi connectivity index (χ0) is 24.2. The first-order chi connectivity index (χ1) is 16.4. The first kappa shape index (κ1) is 23.8. The number of urea groups is 1. The fourth-order valence-electron chi connectivity index (χ4n) is 4.56. The van der Waals surface area contributed by atoms with Crippen LogP contribution in [0, 0.1) is 12.7 Å². The van der Waals surface area contributed by atoms with Crippen LogP contribution in [0.25, 0.3) is 0 Å². The van der Waals surface area contributed by atoms with Crippen molar-refractivity contribution in [1.29, 1.82) is 0 Å². The minimum Gasteiger partial charge on any atom is -0.463 e. The summed E-state index contributed by atoms with van der Waals surface area (Å²) in [4.78, 5) is 31.7. The predicted octanol–water partition coefficient (Wildman–Crippen LogP) is 3.47. The number of ether oxygens (including phenoxy) is 1. The Kier molecular flexibility index (Phi) is 7.17. The van der Waals surface area contributed by atoms with E-state index in [1.54, 1.807) is 26.1 Å². The first-order valence-electron chi connectivity index (χ1n) is 11.6. The summed E-state index contributed by atoms with van der Waals surface area (Å²) in [5.41, 5.74) is 3.56. The number of hydrogen-bond acceptors (Lipinski definition) is 5. The van der Waals surface area contributed by atoms with Crippen LogP contribution in [0.3, 0.4) is 0 Å². The quantitative estimate of drug-likeness (QED) is 0.661.